The Kier molecular flexibility index (Phi) is 9.10. The van der Waals surface area contributed by atoms with Crippen LogP contribution in [-0.2, 0) is 16.0 Å². The van der Waals surface area contributed by atoms with Crippen LogP contribution in [-0.4, -0.2) is 41.3 Å². The van der Waals surface area contributed by atoms with Gasteiger partial charge in [0.2, 0.25) is 0 Å². The van der Waals surface area contributed by atoms with E-state index in [4.69, 9.17) is 0 Å². The molecule has 0 saturated heterocycles. The summed E-state index contributed by atoms with van der Waals surface area (Å²) in [6, 6.07) is 6.34. The summed E-state index contributed by atoms with van der Waals surface area (Å²) in [7, 11) is 0. The third kappa shape index (κ3) is 6.67. The SMILES string of the molecule is CSCC[C@H](CC(=O)c1ccc(CC(=O)[C@@H]([NH3+])CS)cc1)C(=O)[O-]. The minimum Gasteiger partial charge on any atom is -0.550 e. The molecule has 0 saturated carbocycles. The van der Waals surface area contributed by atoms with Crippen LogP contribution < -0.4 is 10.8 Å². The molecule has 1 aromatic carbocycles. The molecule has 0 amide bonds. The lowest BCUT2D eigenvalue weighted by Gasteiger charge is -2.16. The number of carbonyl (C=O) groups excluding carboxylic acids is 3. The minimum absolute atomic E-state index is 0.00171. The third-order valence-corrected chi connectivity index (χ3v) is 4.85. The fraction of sp³-hybridized carbons (Fsp3) is 0.471. The second-order valence-corrected chi connectivity index (χ2v) is 6.99. The lowest BCUT2D eigenvalue weighted by molar-refractivity contribution is -0.395. The molecule has 5 nitrogen and oxygen atoms in total. The Morgan fingerprint density at radius 3 is 2.38 bits per heavy atom. The van der Waals surface area contributed by atoms with E-state index in [1.54, 1.807) is 24.3 Å². The lowest BCUT2D eigenvalue weighted by atomic mass is 9.95. The number of hydrogen-bond donors (Lipinski definition) is 2. The van der Waals surface area contributed by atoms with E-state index in [2.05, 4.69) is 18.4 Å². The maximum atomic E-state index is 12.2. The topological polar surface area (TPSA) is 102 Å². The van der Waals surface area contributed by atoms with Gasteiger partial charge in [-0.1, -0.05) is 24.3 Å². The van der Waals surface area contributed by atoms with Gasteiger partial charge in [-0.25, -0.2) is 0 Å². The molecule has 0 aliphatic carbocycles. The summed E-state index contributed by atoms with van der Waals surface area (Å²) in [6.07, 6.45) is 2.48. The molecule has 0 aliphatic rings. The first-order valence-electron chi connectivity index (χ1n) is 7.67. The monoisotopic (exact) mass is 369 g/mol. The molecule has 2 atom stereocenters. The van der Waals surface area contributed by atoms with Gasteiger partial charge in [0.05, 0.1) is 0 Å². The highest BCUT2D eigenvalue weighted by Gasteiger charge is 2.18. The quantitative estimate of drug-likeness (QED) is 0.423. The molecule has 132 valence electrons. The molecule has 0 radical (unpaired) electrons. The van der Waals surface area contributed by atoms with Gasteiger partial charge in [0.1, 0.15) is 0 Å². The van der Waals surface area contributed by atoms with E-state index >= 15 is 0 Å². The first kappa shape index (κ1) is 20.7. The average Bonchev–Trinajstić information content (AvgIpc) is 2.57. The Morgan fingerprint density at radius 1 is 1.25 bits per heavy atom. The van der Waals surface area contributed by atoms with E-state index in [0.717, 1.165) is 5.56 Å². The van der Waals surface area contributed by atoms with Crippen LogP contribution in [0.2, 0.25) is 0 Å². The van der Waals surface area contributed by atoms with Gasteiger partial charge < -0.3 is 15.6 Å². The van der Waals surface area contributed by atoms with E-state index in [9.17, 15) is 19.5 Å². The standard InChI is InChI=1S/C17H23NO4S2/c1-24-7-6-13(17(21)22)9-15(19)12-4-2-11(3-5-12)8-16(20)14(18)10-23/h2-5,13-14,23H,6-10,18H2,1H3,(H,21,22)/t13-,14+/m1/s1. The first-order valence-corrected chi connectivity index (χ1v) is 9.70. The number of carboxylic acid groups (broad SMARTS) is 1. The molecule has 0 fully saturated rings. The van der Waals surface area contributed by atoms with Gasteiger partial charge in [-0.3, -0.25) is 9.59 Å². The number of thioether (sulfide) groups is 1. The number of Topliss-reactive ketones (excluding diaryl/α,β-unsaturated/α-hetero) is 2. The molecule has 7 heteroatoms. The fourth-order valence-electron chi connectivity index (χ4n) is 2.16. The van der Waals surface area contributed by atoms with E-state index in [0.29, 0.717) is 23.5 Å². The summed E-state index contributed by atoms with van der Waals surface area (Å²) >= 11 is 5.59. The normalized spacial score (nSPS) is 13.3. The van der Waals surface area contributed by atoms with Crippen LogP contribution in [0.3, 0.4) is 0 Å². The third-order valence-electron chi connectivity index (χ3n) is 3.77. The van der Waals surface area contributed by atoms with Crippen LogP contribution in [0.15, 0.2) is 24.3 Å². The second-order valence-electron chi connectivity index (χ2n) is 5.64. The molecule has 0 heterocycles. The van der Waals surface area contributed by atoms with Crippen molar-refractivity contribution in [2.75, 3.05) is 17.8 Å². The predicted molar refractivity (Wildman–Crippen MR) is 96.1 cm³/mol. The lowest BCUT2D eigenvalue weighted by Crippen LogP contribution is -2.66. The molecular formula is C17H23NO4S2. The maximum absolute atomic E-state index is 12.2. The molecule has 0 aromatic heterocycles. The molecule has 1 aromatic rings. The van der Waals surface area contributed by atoms with E-state index in [1.807, 2.05) is 6.26 Å². The predicted octanol–water partition coefficient (Wildman–Crippen LogP) is 0.0305. The van der Waals surface area contributed by atoms with Crippen molar-refractivity contribution in [2.45, 2.75) is 25.3 Å². The summed E-state index contributed by atoms with van der Waals surface area (Å²) < 4.78 is 0. The van der Waals surface area contributed by atoms with Gasteiger partial charge in [-0.05, 0) is 24.0 Å². The number of carbonyl (C=O) groups is 3. The summed E-state index contributed by atoms with van der Waals surface area (Å²) in [4.78, 5) is 35.2. The van der Waals surface area contributed by atoms with Crippen LogP contribution in [0.5, 0.6) is 0 Å². The number of aliphatic carboxylic acids is 1. The summed E-state index contributed by atoms with van der Waals surface area (Å²) in [5.74, 6) is -1.12. The number of carboxylic acids is 1. The number of quaternary nitrogens is 1. The summed E-state index contributed by atoms with van der Waals surface area (Å²) in [5.41, 5.74) is 4.97. The molecule has 3 N–H and O–H groups in total. The number of benzene rings is 1. The van der Waals surface area contributed by atoms with Gasteiger partial charge in [0, 0.05) is 36.0 Å². The fourth-order valence-corrected chi connectivity index (χ4v) is 2.88. The van der Waals surface area contributed by atoms with Crippen molar-refractivity contribution in [1.29, 1.82) is 0 Å². The van der Waals surface area contributed by atoms with Gasteiger partial charge in [-0.15, -0.1) is 0 Å². The Labute approximate surface area is 151 Å². The van der Waals surface area contributed by atoms with E-state index < -0.39 is 11.9 Å². The van der Waals surface area contributed by atoms with Crippen molar-refractivity contribution in [3.63, 3.8) is 0 Å². The number of rotatable bonds is 11. The highest BCUT2D eigenvalue weighted by molar-refractivity contribution is 7.98. The highest BCUT2D eigenvalue weighted by Crippen LogP contribution is 2.16. The molecule has 0 unspecified atom stereocenters. The zero-order chi connectivity index (χ0) is 18.1. The van der Waals surface area contributed by atoms with E-state index in [1.165, 1.54) is 11.8 Å². The number of thiol groups is 1. The minimum atomic E-state index is -1.19. The van der Waals surface area contributed by atoms with Gasteiger partial charge in [-0.2, -0.15) is 24.4 Å². The van der Waals surface area contributed by atoms with Crippen LogP contribution in [0.4, 0.5) is 0 Å². The van der Waals surface area contributed by atoms with E-state index in [-0.39, 0.29) is 30.4 Å². The Morgan fingerprint density at radius 2 is 1.88 bits per heavy atom. The van der Waals surface area contributed by atoms with Crippen molar-refractivity contribution in [2.24, 2.45) is 5.92 Å². The number of ketones is 2. The van der Waals surface area contributed by atoms with Crippen molar-refractivity contribution < 1.29 is 25.2 Å². The first-order chi connectivity index (χ1) is 11.4. The van der Waals surface area contributed by atoms with Crippen LogP contribution in [0, 0.1) is 5.92 Å². The van der Waals surface area contributed by atoms with Crippen molar-refractivity contribution >= 4 is 41.9 Å². The number of hydrogen-bond acceptors (Lipinski definition) is 6. The molecule has 0 spiro atoms. The van der Waals surface area contributed by atoms with Gasteiger partial charge in [0.15, 0.2) is 17.6 Å². The highest BCUT2D eigenvalue weighted by atomic mass is 32.2. The molecule has 0 bridgehead atoms. The van der Waals surface area contributed by atoms with Gasteiger partial charge >= 0.3 is 0 Å². The maximum Gasteiger partial charge on any atom is 0.194 e. The van der Waals surface area contributed by atoms with Crippen LogP contribution >= 0.6 is 24.4 Å². The average molecular weight is 370 g/mol. The molecule has 24 heavy (non-hydrogen) atoms. The largest absolute Gasteiger partial charge is 0.550 e. The Balaban J connectivity index is 2.68. The van der Waals surface area contributed by atoms with Crippen molar-refractivity contribution in [1.82, 2.24) is 0 Å². The zero-order valence-electron chi connectivity index (χ0n) is 13.7. The summed E-state index contributed by atoms with van der Waals surface area (Å²) in [5, 5.41) is 11.1. The smallest absolute Gasteiger partial charge is 0.194 e. The zero-order valence-corrected chi connectivity index (χ0v) is 15.4. The second kappa shape index (κ2) is 10.5. The Hall–Kier alpha value is -1.31. The summed E-state index contributed by atoms with van der Waals surface area (Å²) in [6.45, 7) is 0. The van der Waals surface area contributed by atoms with Gasteiger partial charge in [0.25, 0.3) is 0 Å². The Bertz CT molecular complexity index is 574. The van der Waals surface area contributed by atoms with Crippen molar-refractivity contribution in [3.05, 3.63) is 35.4 Å². The molecule has 1 rings (SSSR count). The van der Waals surface area contributed by atoms with Crippen LogP contribution in [0.25, 0.3) is 0 Å². The van der Waals surface area contributed by atoms with Crippen LogP contribution in [0.1, 0.15) is 28.8 Å². The molecule has 0 aliphatic heterocycles. The molecular weight excluding hydrogens is 346 g/mol. The van der Waals surface area contributed by atoms with Crippen molar-refractivity contribution in [3.8, 4) is 0 Å².